The summed E-state index contributed by atoms with van der Waals surface area (Å²) < 4.78 is 0. The molecule has 2 aliphatic heterocycles. The van der Waals surface area contributed by atoms with Crippen LogP contribution in [0.2, 0.25) is 0 Å². The zero-order chi connectivity index (χ0) is 10.7. The molecule has 88 valence electrons. The van der Waals surface area contributed by atoms with Crippen LogP contribution in [0.1, 0.15) is 39.0 Å². The van der Waals surface area contributed by atoms with Gasteiger partial charge in [-0.3, -0.25) is 10.6 Å². The van der Waals surface area contributed by atoms with Crippen LogP contribution in [0, 0.1) is 0 Å². The Kier molecular flexibility index (Phi) is 4.31. The first-order valence-electron chi connectivity index (χ1n) is 6.13. The van der Waals surface area contributed by atoms with Gasteiger partial charge in [-0.25, -0.2) is 0 Å². The molecule has 0 radical (unpaired) electrons. The monoisotopic (exact) mass is 230 g/mol. The van der Waals surface area contributed by atoms with E-state index in [1.807, 2.05) is 0 Å². The smallest absolute Gasteiger partial charge is 0.161 e. The van der Waals surface area contributed by atoms with Crippen molar-refractivity contribution in [3.63, 3.8) is 0 Å². The Balaban J connectivity index is 1.70. The molecule has 2 fully saturated rings. The Hall–Kier alpha value is 0.230. The van der Waals surface area contributed by atoms with Crippen molar-refractivity contribution in [2.24, 2.45) is 0 Å². The van der Waals surface area contributed by atoms with E-state index < -0.39 is 6.35 Å². The van der Waals surface area contributed by atoms with Gasteiger partial charge in [0.2, 0.25) is 0 Å². The van der Waals surface area contributed by atoms with Crippen LogP contribution in [0.3, 0.4) is 0 Å². The zero-order valence-electron chi connectivity index (χ0n) is 9.41. The normalized spacial score (nSPS) is 39.6. The molecule has 0 amide bonds. The number of hydrogen-bond donors (Lipinski definition) is 3. The van der Waals surface area contributed by atoms with Crippen molar-refractivity contribution in [3.05, 3.63) is 0 Å². The van der Waals surface area contributed by atoms with E-state index in [1.54, 1.807) is 0 Å². The molecule has 15 heavy (non-hydrogen) atoms. The average Bonchev–Trinajstić information content (AvgIpc) is 2.73. The van der Waals surface area contributed by atoms with Gasteiger partial charge >= 0.3 is 0 Å². The number of aliphatic hydroxyl groups is 1. The summed E-state index contributed by atoms with van der Waals surface area (Å²) >= 11 is 2.06. The standard InChI is InChI=1S/C11H22N2OS/c1-2-3-4-5-6-9-10-8(7-15-9)12-11(14)13-10/h8-14H,2-7H2,1H3. The van der Waals surface area contributed by atoms with Crippen LogP contribution >= 0.6 is 11.8 Å². The highest BCUT2D eigenvalue weighted by Gasteiger charge is 2.42. The van der Waals surface area contributed by atoms with Crippen molar-refractivity contribution in [1.29, 1.82) is 0 Å². The fourth-order valence-corrected chi connectivity index (χ4v) is 4.10. The Labute approximate surface area is 96.4 Å². The van der Waals surface area contributed by atoms with Crippen LogP contribution in [0.4, 0.5) is 0 Å². The van der Waals surface area contributed by atoms with E-state index in [9.17, 15) is 5.11 Å². The van der Waals surface area contributed by atoms with Gasteiger partial charge < -0.3 is 5.11 Å². The highest BCUT2D eigenvalue weighted by Crippen LogP contribution is 2.33. The van der Waals surface area contributed by atoms with Gasteiger partial charge in [-0.05, 0) is 6.42 Å². The topological polar surface area (TPSA) is 44.3 Å². The Morgan fingerprint density at radius 1 is 1.27 bits per heavy atom. The van der Waals surface area contributed by atoms with E-state index >= 15 is 0 Å². The van der Waals surface area contributed by atoms with Gasteiger partial charge in [-0.15, -0.1) is 0 Å². The van der Waals surface area contributed by atoms with E-state index in [4.69, 9.17) is 0 Å². The molecule has 4 unspecified atom stereocenters. The maximum atomic E-state index is 9.43. The molecule has 0 spiro atoms. The third-order valence-corrected chi connectivity index (χ3v) is 4.90. The second kappa shape index (κ2) is 5.53. The molecule has 0 aliphatic carbocycles. The first kappa shape index (κ1) is 11.7. The molecule has 0 aromatic rings. The van der Waals surface area contributed by atoms with Gasteiger partial charge in [0.05, 0.1) is 0 Å². The summed E-state index contributed by atoms with van der Waals surface area (Å²) in [6.45, 7) is 2.25. The van der Waals surface area contributed by atoms with E-state index in [-0.39, 0.29) is 0 Å². The van der Waals surface area contributed by atoms with Gasteiger partial charge in [0, 0.05) is 23.1 Å². The average molecular weight is 230 g/mol. The molecule has 0 saturated carbocycles. The second-order valence-corrected chi connectivity index (χ2v) is 5.86. The van der Waals surface area contributed by atoms with Crippen LogP contribution < -0.4 is 10.6 Å². The van der Waals surface area contributed by atoms with Gasteiger partial charge in [-0.2, -0.15) is 11.8 Å². The predicted octanol–water partition coefficient (Wildman–Crippen LogP) is 1.28. The minimum atomic E-state index is -0.473. The molecular formula is C11H22N2OS. The van der Waals surface area contributed by atoms with Crippen LogP contribution in [-0.2, 0) is 0 Å². The number of aliphatic hydroxyl groups excluding tert-OH is 1. The summed E-state index contributed by atoms with van der Waals surface area (Å²) in [4.78, 5) is 0. The molecule has 3 N–H and O–H groups in total. The third kappa shape index (κ3) is 2.87. The lowest BCUT2D eigenvalue weighted by Crippen LogP contribution is -2.37. The molecule has 2 heterocycles. The Morgan fingerprint density at radius 2 is 2.13 bits per heavy atom. The van der Waals surface area contributed by atoms with Crippen LogP contribution in [0.15, 0.2) is 0 Å². The Morgan fingerprint density at radius 3 is 2.93 bits per heavy atom. The lowest BCUT2D eigenvalue weighted by atomic mass is 10.0. The largest absolute Gasteiger partial charge is 0.365 e. The summed E-state index contributed by atoms with van der Waals surface area (Å²) in [6.07, 6.45) is 6.20. The first-order valence-corrected chi connectivity index (χ1v) is 7.18. The number of nitrogens with one attached hydrogen (secondary N) is 2. The lowest BCUT2D eigenvalue weighted by Gasteiger charge is -2.17. The molecule has 2 saturated heterocycles. The highest BCUT2D eigenvalue weighted by molar-refractivity contribution is 8.00. The molecule has 2 aliphatic rings. The lowest BCUT2D eigenvalue weighted by molar-refractivity contribution is 0.130. The maximum Gasteiger partial charge on any atom is 0.161 e. The molecule has 0 aromatic heterocycles. The fraction of sp³-hybridized carbons (Fsp3) is 1.00. The van der Waals surface area contributed by atoms with Gasteiger partial charge in [0.1, 0.15) is 0 Å². The van der Waals surface area contributed by atoms with Crippen LogP contribution in [-0.4, -0.2) is 34.5 Å². The third-order valence-electron chi connectivity index (χ3n) is 3.39. The van der Waals surface area contributed by atoms with Crippen LogP contribution in [0.25, 0.3) is 0 Å². The molecule has 0 aromatic carbocycles. The number of thioether (sulfide) groups is 1. The van der Waals surface area contributed by atoms with Gasteiger partial charge in [0.25, 0.3) is 0 Å². The molecular weight excluding hydrogens is 208 g/mol. The SMILES string of the molecule is CCCCCCC1SCC2NC(O)NC21. The summed E-state index contributed by atoms with van der Waals surface area (Å²) in [5.41, 5.74) is 0. The Bertz CT molecular complexity index is 203. The summed E-state index contributed by atoms with van der Waals surface area (Å²) in [7, 11) is 0. The van der Waals surface area contributed by atoms with Crippen molar-refractivity contribution in [2.45, 2.75) is 62.7 Å². The van der Waals surface area contributed by atoms with Crippen LogP contribution in [0.5, 0.6) is 0 Å². The fourth-order valence-electron chi connectivity index (χ4n) is 2.54. The summed E-state index contributed by atoms with van der Waals surface area (Å²) in [5, 5.41) is 16.5. The highest BCUT2D eigenvalue weighted by atomic mass is 32.2. The van der Waals surface area contributed by atoms with E-state index in [2.05, 4.69) is 29.3 Å². The molecule has 3 nitrogen and oxygen atoms in total. The van der Waals surface area contributed by atoms with Gasteiger partial charge in [0.15, 0.2) is 6.35 Å². The number of rotatable bonds is 5. The van der Waals surface area contributed by atoms with E-state index in [0.717, 1.165) is 5.75 Å². The second-order valence-electron chi connectivity index (χ2n) is 4.59. The molecule has 2 rings (SSSR count). The quantitative estimate of drug-likeness (QED) is 0.623. The van der Waals surface area contributed by atoms with Crippen molar-refractivity contribution >= 4 is 11.8 Å². The van der Waals surface area contributed by atoms with E-state index in [1.165, 1.54) is 32.1 Å². The number of unbranched alkanes of at least 4 members (excludes halogenated alkanes) is 3. The summed E-state index contributed by atoms with van der Waals surface area (Å²) in [5.74, 6) is 1.15. The van der Waals surface area contributed by atoms with Crippen molar-refractivity contribution in [3.8, 4) is 0 Å². The van der Waals surface area contributed by atoms with Crippen molar-refractivity contribution < 1.29 is 5.11 Å². The van der Waals surface area contributed by atoms with E-state index in [0.29, 0.717) is 17.3 Å². The minimum absolute atomic E-state index is 0.473. The maximum absolute atomic E-state index is 9.43. The van der Waals surface area contributed by atoms with Crippen molar-refractivity contribution in [2.75, 3.05) is 5.75 Å². The molecule has 4 atom stereocenters. The number of hydrogen-bond acceptors (Lipinski definition) is 4. The number of fused-ring (bicyclic) bond motifs is 1. The van der Waals surface area contributed by atoms with Gasteiger partial charge in [-0.1, -0.05) is 32.6 Å². The predicted molar refractivity (Wildman–Crippen MR) is 64.9 cm³/mol. The minimum Gasteiger partial charge on any atom is -0.365 e. The molecule has 0 bridgehead atoms. The summed E-state index contributed by atoms with van der Waals surface area (Å²) in [6, 6.07) is 0.979. The first-order chi connectivity index (χ1) is 7.31. The van der Waals surface area contributed by atoms with Crippen molar-refractivity contribution in [1.82, 2.24) is 10.6 Å². The zero-order valence-corrected chi connectivity index (χ0v) is 10.2. The molecule has 4 heteroatoms.